The van der Waals surface area contributed by atoms with Crippen molar-refractivity contribution in [2.45, 2.75) is 51.1 Å². The van der Waals surface area contributed by atoms with E-state index in [1.54, 1.807) is 20.8 Å². The van der Waals surface area contributed by atoms with Gasteiger partial charge in [-0.15, -0.1) is 0 Å². The number of piperidine rings is 1. The summed E-state index contributed by atoms with van der Waals surface area (Å²) in [5, 5.41) is 1.98. The van der Waals surface area contributed by atoms with Gasteiger partial charge in [0.25, 0.3) is 11.8 Å². The van der Waals surface area contributed by atoms with Crippen LogP contribution < -0.4 is 5.32 Å². The first-order chi connectivity index (χ1) is 15.0. The smallest absolute Gasteiger partial charge is 0.265 e. The number of halogens is 2. The second kappa shape index (κ2) is 6.41. The Balaban J connectivity index is 1.80. The molecule has 7 nitrogen and oxygen atoms in total. The van der Waals surface area contributed by atoms with Gasteiger partial charge in [-0.05, 0) is 38.8 Å². The van der Waals surface area contributed by atoms with E-state index in [0.29, 0.717) is 11.0 Å². The minimum atomic E-state index is -2.43. The minimum absolute atomic E-state index is 0.175. The van der Waals surface area contributed by atoms with E-state index in [0.717, 1.165) is 4.90 Å². The Hall–Kier alpha value is -2.68. The summed E-state index contributed by atoms with van der Waals surface area (Å²) in [4.78, 5) is 50.6. The Morgan fingerprint density at radius 1 is 1.10 bits per heavy atom. The Bertz CT molecular complexity index is 1120. The first-order valence-electron chi connectivity index (χ1n) is 11.1. The van der Waals surface area contributed by atoms with Crippen LogP contribution in [-0.2, 0) is 9.59 Å². The van der Waals surface area contributed by atoms with Crippen molar-refractivity contribution in [3.63, 3.8) is 0 Å². The van der Waals surface area contributed by atoms with Crippen molar-refractivity contribution in [3.8, 4) is 0 Å². The van der Waals surface area contributed by atoms with Crippen LogP contribution >= 0.6 is 0 Å². The van der Waals surface area contributed by atoms with Crippen molar-refractivity contribution in [1.82, 2.24) is 15.1 Å². The minimum Gasteiger partial charge on any atom is -0.297 e. The van der Waals surface area contributed by atoms with Crippen LogP contribution in [0.4, 0.5) is 8.78 Å². The fourth-order valence-electron chi connectivity index (χ4n) is 3.59. The van der Waals surface area contributed by atoms with Gasteiger partial charge >= 0.3 is 0 Å². The summed E-state index contributed by atoms with van der Waals surface area (Å²) in [6.07, 6.45) is -0.383. The number of imide groups is 2. The zero-order chi connectivity index (χ0) is 24.8. The number of likely N-dealkylation sites (tertiary alicyclic amines) is 1. The maximum atomic E-state index is 15.6. The summed E-state index contributed by atoms with van der Waals surface area (Å²) in [5.41, 5.74) is -3.59. The molecule has 4 amide bonds. The zero-order valence-electron chi connectivity index (χ0n) is 19.9. The maximum Gasteiger partial charge on any atom is 0.265 e. The lowest BCUT2D eigenvalue weighted by Crippen LogP contribution is -2.54. The number of carbonyl (C=O) groups excluding carboxylic acids is 4. The molecular weight excluding hydrogens is 384 g/mol. The molecule has 0 aliphatic carbocycles. The van der Waals surface area contributed by atoms with E-state index >= 15 is 8.78 Å². The fourth-order valence-corrected chi connectivity index (χ4v) is 3.59. The number of benzene rings is 1. The highest BCUT2D eigenvalue weighted by Gasteiger charge is 2.49. The van der Waals surface area contributed by atoms with E-state index < -0.39 is 82.4 Å². The van der Waals surface area contributed by atoms with Gasteiger partial charge < -0.3 is 0 Å². The summed E-state index contributed by atoms with van der Waals surface area (Å²) in [6, 6.07) is -0.900. The van der Waals surface area contributed by atoms with Crippen molar-refractivity contribution in [1.29, 1.82) is 0 Å². The number of amides is 4. The molecular formula is C20H21F2N3O4. The molecule has 1 atom stereocenters. The first kappa shape index (κ1) is 15.2. The Kier molecular flexibility index (Phi) is 3.36. The molecule has 1 unspecified atom stereocenters. The molecule has 0 radical (unpaired) electrons. The molecule has 1 aromatic rings. The lowest BCUT2D eigenvalue weighted by Gasteiger charge is -2.48. The van der Waals surface area contributed by atoms with Crippen LogP contribution in [0.15, 0.2) is 6.07 Å². The second-order valence-electron chi connectivity index (χ2n) is 8.16. The maximum absolute atomic E-state index is 15.6. The van der Waals surface area contributed by atoms with Crippen LogP contribution in [0.2, 0.25) is 0 Å². The summed E-state index contributed by atoms with van der Waals surface area (Å²) in [5.74, 6) is -8.63. The molecule has 0 aromatic heterocycles. The summed E-state index contributed by atoms with van der Waals surface area (Å²) < 4.78 is 64.0. The van der Waals surface area contributed by atoms with E-state index in [1.807, 2.05) is 5.32 Å². The monoisotopic (exact) mass is 409 g/mol. The predicted octanol–water partition coefficient (Wildman–Crippen LogP) is 1.56. The quantitative estimate of drug-likeness (QED) is 0.750. The Morgan fingerprint density at radius 3 is 2.31 bits per heavy atom. The molecule has 1 aromatic carbocycles. The van der Waals surface area contributed by atoms with Gasteiger partial charge in [0, 0.05) is 36.4 Å². The molecule has 1 N–H and O–H groups in total. The SMILES string of the molecule is [2H]C1([2H])C(c2cc(F)c3c(c2F)C(=O)N(C2CCC(=O)NC2=O)C3=O)C([2H])([2H])N1C(C)(C)C. The number of hydrogen-bond acceptors (Lipinski definition) is 5. The standard InChI is InChI=1S/C20H21F2N3O4/c1-20(2,3)24-7-9(8-24)10-6-11(21)14-15(16(10)22)19(29)25(18(14)28)12-4-5-13(26)23-17(12)27/h6,9,12H,4-5,7-8H2,1-3H3,(H,23,26,27)/i7D2,8D2. The van der Waals surface area contributed by atoms with E-state index in [1.165, 1.54) is 0 Å². The molecule has 9 heteroatoms. The highest BCUT2D eigenvalue weighted by Crippen LogP contribution is 2.39. The van der Waals surface area contributed by atoms with Gasteiger partial charge in [-0.25, -0.2) is 8.78 Å². The van der Waals surface area contributed by atoms with Crippen LogP contribution in [0, 0.1) is 11.6 Å². The number of nitrogens with zero attached hydrogens (tertiary/aromatic N) is 2. The highest BCUT2D eigenvalue weighted by atomic mass is 19.1. The van der Waals surface area contributed by atoms with Crippen LogP contribution in [0.5, 0.6) is 0 Å². The van der Waals surface area contributed by atoms with Crippen LogP contribution in [0.25, 0.3) is 0 Å². The fraction of sp³-hybridized carbons (Fsp3) is 0.500. The molecule has 2 saturated heterocycles. The molecule has 0 spiro atoms. The molecule has 3 aliphatic heterocycles. The molecule has 4 rings (SSSR count). The van der Waals surface area contributed by atoms with Crippen molar-refractivity contribution in [2.75, 3.05) is 13.0 Å². The van der Waals surface area contributed by atoms with Gasteiger partial charge in [-0.2, -0.15) is 0 Å². The largest absolute Gasteiger partial charge is 0.297 e. The lowest BCUT2D eigenvalue weighted by molar-refractivity contribution is -0.136. The molecule has 154 valence electrons. The van der Waals surface area contributed by atoms with Gasteiger partial charge in [0.1, 0.15) is 17.7 Å². The van der Waals surface area contributed by atoms with Crippen LogP contribution in [0.3, 0.4) is 0 Å². The zero-order valence-corrected chi connectivity index (χ0v) is 15.9. The third-order valence-corrected chi connectivity index (χ3v) is 5.13. The van der Waals surface area contributed by atoms with E-state index in [2.05, 4.69) is 0 Å². The van der Waals surface area contributed by atoms with Crippen molar-refractivity contribution >= 4 is 23.6 Å². The first-order valence-corrected chi connectivity index (χ1v) is 9.06. The predicted molar refractivity (Wildman–Crippen MR) is 97.1 cm³/mol. The summed E-state index contributed by atoms with van der Waals surface area (Å²) in [7, 11) is 0. The Morgan fingerprint density at radius 2 is 1.72 bits per heavy atom. The number of rotatable bonds is 2. The van der Waals surface area contributed by atoms with Gasteiger partial charge in [-0.1, -0.05) is 0 Å². The van der Waals surface area contributed by atoms with Gasteiger partial charge in [0.15, 0.2) is 0 Å². The second-order valence-corrected chi connectivity index (χ2v) is 8.16. The summed E-state index contributed by atoms with van der Waals surface area (Å²) >= 11 is 0. The normalized spacial score (nSPS) is 28.9. The number of fused-ring (bicyclic) bond motifs is 1. The molecule has 0 bridgehead atoms. The van der Waals surface area contributed by atoms with Crippen molar-refractivity contribution in [2.24, 2.45) is 0 Å². The average Bonchev–Trinajstić information content (AvgIpc) is 2.88. The van der Waals surface area contributed by atoms with Gasteiger partial charge in [-0.3, -0.25) is 34.3 Å². The number of carbonyl (C=O) groups is 4. The third kappa shape index (κ3) is 2.95. The lowest BCUT2D eigenvalue weighted by atomic mass is 9.85. The highest BCUT2D eigenvalue weighted by molar-refractivity contribution is 6.23. The van der Waals surface area contributed by atoms with Gasteiger partial charge in [0.05, 0.1) is 11.1 Å². The van der Waals surface area contributed by atoms with E-state index in [4.69, 9.17) is 5.48 Å². The van der Waals surface area contributed by atoms with Gasteiger partial charge in [0.2, 0.25) is 11.8 Å². The Labute approximate surface area is 171 Å². The van der Waals surface area contributed by atoms with Crippen molar-refractivity contribution in [3.05, 3.63) is 34.4 Å². The number of hydrogen-bond donors (Lipinski definition) is 1. The number of nitrogens with one attached hydrogen (secondary N) is 1. The van der Waals surface area contributed by atoms with Crippen molar-refractivity contribution < 1.29 is 33.4 Å². The summed E-state index contributed by atoms with van der Waals surface area (Å²) in [6.45, 7) is -0.161. The topological polar surface area (TPSA) is 86.8 Å². The molecule has 29 heavy (non-hydrogen) atoms. The van der Waals surface area contributed by atoms with E-state index in [-0.39, 0.29) is 12.8 Å². The van der Waals surface area contributed by atoms with Crippen LogP contribution in [-0.4, -0.2) is 58.0 Å². The molecule has 3 aliphatic rings. The van der Waals surface area contributed by atoms with Crippen LogP contribution in [0.1, 0.15) is 71.3 Å². The van der Waals surface area contributed by atoms with E-state index in [9.17, 15) is 19.2 Å². The third-order valence-electron chi connectivity index (χ3n) is 5.13. The molecule has 2 fully saturated rings. The average molecular weight is 409 g/mol. The molecule has 0 saturated carbocycles. The molecule has 3 heterocycles.